The van der Waals surface area contributed by atoms with Crippen molar-refractivity contribution in [3.05, 3.63) is 28.3 Å². The van der Waals surface area contributed by atoms with E-state index in [1.165, 1.54) is 0 Å². The molecule has 0 aliphatic rings. The highest BCUT2D eigenvalue weighted by Gasteiger charge is 2.09. The van der Waals surface area contributed by atoms with Crippen LogP contribution in [0.15, 0.2) is 17.0 Å². The lowest BCUT2D eigenvalue weighted by atomic mass is 10.3. The van der Waals surface area contributed by atoms with Crippen LogP contribution in [0.2, 0.25) is 0 Å². The fourth-order valence-corrected chi connectivity index (χ4v) is 1.96. The first-order valence-electron chi connectivity index (χ1n) is 4.41. The van der Waals surface area contributed by atoms with E-state index in [2.05, 4.69) is 25.9 Å². The lowest BCUT2D eigenvalue weighted by molar-refractivity contribution is 0.890. The van der Waals surface area contributed by atoms with Gasteiger partial charge in [0.25, 0.3) is 0 Å². The van der Waals surface area contributed by atoms with E-state index < -0.39 is 0 Å². The normalized spacial score (nSPS) is 11.1. The number of halogens is 1. The Bertz CT molecular complexity index is 463. The average molecular weight is 255 g/mol. The molecule has 2 rings (SSSR count). The quantitative estimate of drug-likeness (QED) is 0.879. The highest BCUT2D eigenvalue weighted by Crippen LogP contribution is 2.17. The minimum atomic E-state index is 0.611. The maximum Gasteiger partial charge on any atom is 0.235 e. The van der Waals surface area contributed by atoms with Crippen molar-refractivity contribution in [3.63, 3.8) is 0 Å². The van der Waals surface area contributed by atoms with Crippen molar-refractivity contribution in [2.24, 2.45) is 5.73 Å². The summed E-state index contributed by atoms with van der Waals surface area (Å²) in [5.74, 6) is 0.714. The largest absolute Gasteiger partial charge is 0.330 e. The molecule has 14 heavy (non-hydrogen) atoms. The molecule has 74 valence electrons. The minimum absolute atomic E-state index is 0.611. The number of rotatable bonds is 2. The van der Waals surface area contributed by atoms with Crippen LogP contribution in [0.4, 0.5) is 0 Å². The second kappa shape index (κ2) is 3.67. The van der Waals surface area contributed by atoms with E-state index in [1.807, 2.05) is 17.5 Å². The predicted molar refractivity (Wildman–Crippen MR) is 58.2 cm³/mol. The SMILES string of the molecule is Cc1cnc2nc(Br)c(CCN)n2c1. The van der Waals surface area contributed by atoms with Crippen molar-refractivity contribution in [1.29, 1.82) is 0 Å². The third kappa shape index (κ3) is 1.53. The summed E-state index contributed by atoms with van der Waals surface area (Å²) in [6, 6.07) is 0. The smallest absolute Gasteiger partial charge is 0.235 e. The summed E-state index contributed by atoms with van der Waals surface area (Å²) in [4.78, 5) is 8.51. The van der Waals surface area contributed by atoms with Crippen molar-refractivity contribution in [2.75, 3.05) is 6.54 Å². The topological polar surface area (TPSA) is 56.2 Å². The molecule has 0 amide bonds. The van der Waals surface area contributed by atoms with Gasteiger partial charge in [-0.25, -0.2) is 9.97 Å². The van der Waals surface area contributed by atoms with Crippen LogP contribution in [-0.2, 0) is 6.42 Å². The molecular formula is C9H11BrN4. The fraction of sp³-hybridized carbons (Fsp3) is 0.333. The minimum Gasteiger partial charge on any atom is -0.330 e. The Morgan fingerprint density at radius 1 is 1.57 bits per heavy atom. The highest BCUT2D eigenvalue weighted by molar-refractivity contribution is 9.10. The van der Waals surface area contributed by atoms with Gasteiger partial charge < -0.3 is 5.73 Å². The molecule has 0 aromatic carbocycles. The van der Waals surface area contributed by atoms with Crippen LogP contribution in [0, 0.1) is 6.92 Å². The molecule has 0 radical (unpaired) electrons. The van der Waals surface area contributed by atoms with Crippen LogP contribution >= 0.6 is 15.9 Å². The van der Waals surface area contributed by atoms with Crippen molar-refractivity contribution in [3.8, 4) is 0 Å². The van der Waals surface area contributed by atoms with Gasteiger partial charge >= 0.3 is 0 Å². The zero-order valence-corrected chi connectivity index (χ0v) is 9.45. The molecule has 0 atom stereocenters. The molecule has 0 saturated carbocycles. The van der Waals surface area contributed by atoms with E-state index in [-0.39, 0.29) is 0 Å². The van der Waals surface area contributed by atoms with Gasteiger partial charge in [-0.15, -0.1) is 0 Å². The molecule has 2 aromatic heterocycles. The van der Waals surface area contributed by atoms with Crippen LogP contribution in [0.3, 0.4) is 0 Å². The monoisotopic (exact) mass is 254 g/mol. The summed E-state index contributed by atoms with van der Waals surface area (Å²) in [7, 11) is 0. The van der Waals surface area contributed by atoms with Crippen LogP contribution in [0.1, 0.15) is 11.3 Å². The van der Waals surface area contributed by atoms with Gasteiger partial charge in [0, 0.05) is 18.8 Å². The number of imidazole rings is 1. The summed E-state index contributed by atoms with van der Waals surface area (Å²) in [5.41, 5.74) is 7.73. The van der Waals surface area contributed by atoms with Gasteiger partial charge in [0.1, 0.15) is 4.60 Å². The molecule has 2 heterocycles. The third-order valence-electron chi connectivity index (χ3n) is 2.04. The second-order valence-corrected chi connectivity index (χ2v) is 3.94. The number of hydrogen-bond acceptors (Lipinski definition) is 3. The molecule has 0 bridgehead atoms. The number of hydrogen-bond donors (Lipinski definition) is 1. The average Bonchev–Trinajstić information content (AvgIpc) is 2.45. The molecular weight excluding hydrogens is 244 g/mol. The Morgan fingerprint density at radius 2 is 2.36 bits per heavy atom. The van der Waals surface area contributed by atoms with Crippen molar-refractivity contribution < 1.29 is 0 Å². The summed E-state index contributed by atoms with van der Waals surface area (Å²) < 4.78 is 2.81. The van der Waals surface area contributed by atoms with E-state index in [4.69, 9.17) is 5.73 Å². The summed E-state index contributed by atoms with van der Waals surface area (Å²) in [6.07, 6.45) is 4.62. The van der Waals surface area contributed by atoms with Gasteiger partial charge in [-0.1, -0.05) is 0 Å². The third-order valence-corrected chi connectivity index (χ3v) is 2.68. The molecule has 0 aliphatic carbocycles. The molecule has 0 saturated heterocycles. The number of fused-ring (bicyclic) bond motifs is 1. The van der Waals surface area contributed by atoms with Crippen LogP contribution < -0.4 is 5.73 Å². The van der Waals surface area contributed by atoms with Crippen LogP contribution in [0.25, 0.3) is 5.78 Å². The number of nitrogens with two attached hydrogens (primary N) is 1. The first-order valence-corrected chi connectivity index (χ1v) is 5.21. The lowest BCUT2D eigenvalue weighted by Crippen LogP contribution is -2.06. The van der Waals surface area contributed by atoms with E-state index in [0.717, 1.165) is 22.3 Å². The van der Waals surface area contributed by atoms with Gasteiger partial charge in [0.15, 0.2) is 0 Å². The molecule has 5 heteroatoms. The first-order chi connectivity index (χ1) is 6.72. The van der Waals surface area contributed by atoms with Gasteiger partial charge in [0.05, 0.1) is 5.69 Å². The Balaban J connectivity index is 2.66. The molecule has 2 aromatic rings. The number of aromatic nitrogens is 3. The second-order valence-electron chi connectivity index (χ2n) is 3.19. The summed E-state index contributed by atoms with van der Waals surface area (Å²) >= 11 is 3.41. The van der Waals surface area contributed by atoms with Gasteiger partial charge in [-0.05, 0) is 35.0 Å². The van der Waals surface area contributed by atoms with Crippen molar-refractivity contribution in [1.82, 2.24) is 14.4 Å². The molecule has 4 nitrogen and oxygen atoms in total. The molecule has 0 aliphatic heterocycles. The van der Waals surface area contributed by atoms with Crippen LogP contribution in [0.5, 0.6) is 0 Å². The van der Waals surface area contributed by atoms with E-state index in [0.29, 0.717) is 12.3 Å². The zero-order chi connectivity index (χ0) is 10.1. The maximum absolute atomic E-state index is 5.54. The van der Waals surface area contributed by atoms with Gasteiger partial charge in [-0.3, -0.25) is 4.40 Å². The summed E-state index contributed by atoms with van der Waals surface area (Å²) in [5, 5.41) is 0. The van der Waals surface area contributed by atoms with E-state index >= 15 is 0 Å². The Morgan fingerprint density at radius 3 is 3.07 bits per heavy atom. The first kappa shape index (κ1) is 9.61. The number of nitrogens with zero attached hydrogens (tertiary/aromatic N) is 3. The van der Waals surface area contributed by atoms with Crippen molar-refractivity contribution >= 4 is 21.7 Å². The molecule has 0 spiro atoms. The van der Waals surface area contributed by atoms with Gasteiger partial charge in [-0.2, -0.15) is 0 Å². The van der Waals surface area contributed by atoms with Gasteiger partial charge in [0.2, 0.25) is 5.78 Å². The maximum atomic E-state index is 5.54. The van der Waals surface area contributed by atoms with E-state index in [1.54, 1.807) is 6.20 Å². The van der Waals surface area contributed by atoms with E-state index in [9.17, 15) is 0 Å². The molecule has 0 fully saturated rings. The predicted octanol–water partition coefficient (Wildman–Crippen LogP) is 1.30. The number of aryl methyl sites for hydroxylation is 1. The molecule has 0 unspecified atom stereocenters. The Labute approximate surface area is 90.3 Å². The van der Waals surface area contributed by atoms with Crippen molar-refractivity contribution in [2.45, 2.75) is 13.3 Å². The molecule has 2 N–H and O–H groups in total. The summed E-state index contributed by atoms with van der Waals surface area (Å²) in [6.45, 7) is 2.62. The lowest BCUT2D eigenvalue weighted by Gasteiger charge is -2.00. The standard InChI is InChI=1S/C9H11BrN4/c1-6-4-12-9-13-8(10)7(2-3-11)14(9)5-6/h4-5H,2-3,11H2,1H3. The Hall–Kier alpha value is -0.940. The van der Waals surface area contributed by atoms with Crippen LogP contribution in [-0.4, -0.2) is 20.9 Å². The zero-order valence-electron chi connectivity index (χ0n) is 7.87. The fourth-order valence-electron chi connectivity index (χ4n) is 1.41. The Kier molecular flexibility index (Phi) is 2.52. The highest BCUT2D eigenvalue weighted by atomic mass is 79.9.